The van der Waals surface area contributed by atoms with E-state index in [9.17, 15) is 4.79 Å². The van der Waals surface area contributed by atoms with Crippen molar-refractivity contribution < 1.29 is 9.53 Å². The second kappa shape index (κ2) is 8.43. The summed E-state index contributed by atoms with van der Waals surface area (Å²) < 4.78 is 5.25. The summed E-state index contributed by atoms with van der Waals surface area (Å²) in [7, 11) is 0. The van der Waals surface area contributed by atoms with Crippen LogP contribution in [0, 0.1) is 0 Å². The molecule has 0 aliphatic rings. The molecule has 0 saturated heterocycles. The lowest BCUT2D eigenvalue weighted by Crippen LogP contribution is -2.27. The molecule has 0 atom stereocenters. The van der Waals surface area contributed by atoms with Crippen LogP contribution >= 0.6 is 11.3 Å². The maximum absolute atomic E-state index is 11.8. The van der Waals surface area contributed by atoms with Gasteiger partial charge in [0.15, 0.2) is 0 Å². The predicted molar refractivity (Wildman–Crippen MR) is 102 cm³/mol. The quantitative estimate of drug-likeness (QED) is 0.769. The van der Waals surface area contributed by atoms with Crippen molar-refractivity contribution in [2.75, 3.05) is 5.32 Å². The van der Waals surface area contributed by atoms with E-state index in [1.54, 1.807) is 17.5 Å². The zero-order valence-corrected chi connectivity index (χ0v) is 16.4. The summed E-state index contributed by atoms with van der Waals surface area (Å²) >= 11 is 1.73. The number of amides is 1. The van der Waals surface area contributed by atoms with E-state index in [1.807, 2.05) is 32.9 Å². The zero-order chi connectivity index (χ0) is 18.4. The second-order valence-corrected chi connectivity index (χ2v) is 8.29. The molecule has 2 aromatic heterocycles. The number of carbonyl (C=O) groups is 1. The summed E-state index contributed by atoms with van der Waals surface area (Å²) in [4.78, 5) is 20.7. The predicted octanol–water partition coefficient (Wildman–Crippen LogP) is 5.18. The third-order valence-corrected chi connectivity index (χ3v) is 4.40. The van der Waals surface area contributed by atoms with Crippen LogP contribution < -0.4 is 5.32 Å². The summed E-state index contributed by atoms with van der Waals surface area (Å²) in [6.07, 6.45) is 4.13. The average Bonchev–Trinajstić information content (AvgIpc) is 2.94. The van der Waals surface area contributed by atoms with Crippen LogP contribution in [-0.4, -0.2) is 21.7 Å². The lowest BCUT2D eigenvalue weighted by atomic mass is 10.1. The molecule has 2 aromatic rings. The molecule has 1 N–H and O–H groups in total. The third-order valence-electron chi connectivity index (χ3n) is 3.47. The van der Waals surface area contributed by atoms with Gasteiger partial charge in [-0.3, -0.25) is 5.32 Å². The Kier molecular flexibility index (Phi) is 6.53. The molecular weight excluding hydrogens is 334 g/mol. The molecule has 0 spiro atoms. The molecule has 0 aliphatic heterocycles. The number of nitrogens with one attached hydrogen (secondary N) is 1. The summed E-state index contributed by atoms with van der Waals surface area (Å²) in [5.74, 6) is 0.995. The SMILES string of the molecule is CC(C)c1csc(CCCc2ccnc(NC(=O)OC(C)(C)C)c2)n1. The standard InChI is InChI=1S/C19H27N3O2S/c1-13(2)15-12-25-17(21-15)8-6-7-14-9-10-20-16(11-14)22-18(23)24-19(3,4)5/h9-13H,6-8H2,1-5H3,(H,20,22,23). The highest BCUT2D eigenvalue weighted by molar-refractivity contribution is 7.09. The van der Waals surface area contributed by atoms with E-state index in [2.05, 4.69) is 34.5 Å². The van der Waals surface area contributed by atoms with E-state index in [0.717, 1.165) is 24.8 Å². The first kappa shape index (κ1) is 19.4. The van der Waals surface area contributed by atoms with Crippen LogP contribution in [0.3, 0.4) is 0 Å². The number of hydrogen-bond acceptors (Lipinski definition) is 5. The molecular formula is C19H27N3O2S. The minimum atomic E-state index is -0.524. The van der Waals surface area contributed by atoms with Crippen molar-refractivity contribution in [3.05, 3.63) is 40.0 Å². The van der Waals surface area contributed by atoms with Gasteiger partial charge in [-0.1, -0.05) is 13.8 Å². The molecule has 0 bridgehead atoms. The number of carbonyl (C=O) groups excluding carboxylic acids is 1. The molecule has 0 aromatic carbocycles. The number of aryl methyl sites for hydroxylation is 2. The molecule has 1 amide bonds. The van der Waals surface area contributed by atoms with E-state index in [0.29, 0.717) is 11.7 Å². The van der Waals surface area contributed by atoms with E-state index >= 15 is 0 Å². The summed E-state index contributed by atoms with van der Waals surface area (Å²) in [6.45, 7) is 9.82. The van der Waals surface area contributed by atoms with Gasteiger partial charge in [-0.25, -0.2) is 14.8 Å². The van der Waals surface area contributed by atoms with Gasteiger partial charge in [0.05, 0.1) is 10.7 Å². The van der Waals surface area contributed by atoms with Gasteiger partial charge >= 0.3 is 6.09 Å². The Morgan fingerprint density at radius 2 is 2.08 bits per heavy atom. The molecule has 2 heterocycles. The number of rotatable bonds is 6. The molecule has 2 rings (SSSR count). The number of thiazole rings is 1. The largest absolute Gasteiger partial charge is 0.444 e. The topological polar surface area (TPSA) is 64.1 Å². The molecule has 0 fully saturated rings. The Labute approximate surface area is 153 Å². The van der Waals surface area contributed by atoms with Crippen LogP contribution in [0.4, 0.5) is 10.6 Å². The van der Waals surface area contributed by atoms with Gasteiger partial charge in [-0.05, 0) is 63.6 Å². The maximum atomic E-state index is 11.8. The van der Waals surface area contributed by atoms with E-state index in [4.69, 9.17) is 4.74 Å². The van der Waals surface area contributed by atoms with Crippen molar-refractivity contribution in [1.29, 1.82) is 0 Å². The molecule has 25 heavy (non-hydrogen) atoms. The van der Waals surface area contributed by atoms with Gasteiger partial charge in [0, 0.05) is 11.6 Å². The van der Waals surface area contributed by atoms with Crippen LogP contribution in [0.2, 0.25) is 0 Å². The normalized spacial score (nSPS) is 11.6. The monoisotopic (exact) mass is 361 g/mol. The minimum absolute atomic E-state index is 0.478. The Balaban J connectivity index is 1.85. The Morgan fingerprint density at radius 3 is 2.72 bits per heavy atom. The van der Waals surface area contributed by atoms with Crippen LogP contribution in [0.25, 0.3) is 0 Å². The summed E-state index contributed by atoms with van der Waals surface area (Å²) in [5.41, 5.74) is 1.79. The average molecular weight is 362 g/mol. The van der Waals surface area contributed by atoms with Gasteiger partial charge in [0.2, 0.25) is 0 Å². The molecule has 0 radical (unpaired) electrons. The van der Waals surface area contributed by atoms with Gasteiger partial charge in [0.25, 0.3) is 0 Å². The van der Waals surface area contributed by atoms with Crippen LogP contribution in [0.15, 0.2) is 23.7 Å². The molecule has 6 heteroatoms. The van der Waals surface area contributed by atoms with Crippen molar-refractivity contribution in [1.82, 2.24) is 9.97 Å². The first-order valence-corrected chi connectivity index (χ1v) is 9.50. The Morgan fingerprint density at radius 1 is 1.32 bits per heavy atom. The number of aromatic nitrogens is 2. The van der Waals surface area contributed by atoms with Crippen molar-refractivity contribution in [3.63, 3.8) is 0 Å². The van der Waals surface area contributed by atoms with Crippen molar-refractivity contribution in [3.8, 4) is 0 Å². The molecule has 136 valence electrons. The number of nitrogens with zero attached hydrogens (tertiary/aromatic N) is 2. The fraction of sp³-hybridized carbons (Fsp3) is 0.526. The summed E-state index contributed by atoms with van der Waals surface area (Å²) in [5, 5.41) is 6.01. The van der Waals surface area contributed by atoms with Crippen LogP contribution in [0.1, 0.15) is 63.2 Å². The van der Waals surface area contributed by atoms with Gasteiger partial charge < -0.3 is 4.74 Å². The highest BCUT2D eigenvalue weighted by Crippen LogP contribution is 2.19. The van der Waals surface area contributed by atoms with E-state index in [1.165, 1.54) is 10.7 Å². The fourth-order valence-electron chi connectivity index (χ4n) is 2.26. The van der Waals surface area contributed by atoms with Crippen LogP contribution in [0.5, 0.6) is 0 Å². The molecule has 5 nitrogen and oxygen atoms in total. The fourth-order valence-corrected chi connectivity index (χ4v) is 3.26. The number of hydrogen-bond donors (Lipinski definition) is 1. The first-order valence-electron chi connectivity index (χ1n) is 8.62. The van der Waals surface area contributed by atoms with Crippen molar-refractivity contribution >= 4 is 23.2 Å². The summed E-state index contributed by atoms with van der Waals surface area (Å²) in [6, 6.07) is 3.87. The molecule has 0 saturated carbocycles. The van der Waals surface area contributed by atoms with E-state index < -0.39 is 11.7 Å². The zero-order valence-electron chi connectivity index (χ0n) is 15.6. The van der Waals surface area contributed by atoms with Gasteiger partial charge in [0.1, 0.15) is 11.4 Å². The first-order chi connectivity index (χ1) is 11.7. The smallest absolute Gasteiger partial charge is 0.413 e. The second-order valence-electron chi connectivity index (χ2n) is 7.35. The highest BCUT2D eigenvalue weighted by Gasteiger charge is 2.16. The number of ether oxygens (including phenoxy) is 1. The lowest BCUT2D eigenvalue weighted by Gasteiger charge is -2.19. The Bertz CT molecular complexity index is 705. The molecule has 0 unspecified atom stereocenters. The van der Waals surface area contributed by atoms with Gasteiger partial charge in [-0.2, -0.15) is 0 Å². The van der Waals surface area contributed by atoms with Gasteiger partial charge in [-0.15, -0.1) is 11.3 Å². The third kappa shape index (κ3) is 6.82. The van der Waals surface area contributed by atoms with Crippen molar-refractivity contribution in [2.24, 2.45) is 0 Å². The Hall–Kier alpha value is -1.95. The maximum Gasteiger partial charge on any atom is 0.413 e. The van der Waals surface area contributed by atoms with Crippen molar-refractivity contribution in [2.45, 2.75) is 65.4 Å². The minimum Gasteiger partial charge on any atom is -0.444 e. The van der Waals surface area contributed by atoms with E-state index in [-0.39, 0.29) is 0 Å². The highest BCUT2D eigenvalue weighted by atomic mass is 32.1. The number of anilines is 1. The van der Waals surface area contributed by atoms with Crippen LogP contribution in [-0.2, 0) is 17.6 Å². The molecule has 0 aliphatic carbocycles. The lowest BCUT2D eigenvalue weighted by molar-refractivity contribution is 0.0635. The number of pyridine rings is 1.